The molecular weight excluding hydrogens is 455 g/mol. The predicted octanol–water partition coefficient (Wildman–Crippen LogP) is 4.45. The van der Waals surface area contributed by atoms with E-state index in [-0.39, 0.29) is 23.5 Å². The van der Waals surface area contributed by atoms with Crippen LogP contribution in [0.4, 0.5) is 10.1 Å². The van der Waals surface area contributed by atoms with Crippen molar-refractivity contribution in [1.82, 2.24) is 14.8 Å². The second-order valence-corrected chi connectivity index (χ2v) is 10.2. The fraction of sp³-hybridized carbons (Fsp3) is 0.414. The van der Waals surface area contributed by atoms with Gasteiger partial charge in [-0.05, 0) is 55.4 Å². The average molecular weight is 487 g/mol. The molecule has 1 aromatic heterocycles. The number of rotatable bonds is 4. The summed E-state index contributed by atoms with van der Waals surface area (Å²) in [7, 11) is 0. The van der Waals surface area contributed by atoms with E-state index in [1.807, 2.05) is 15.9 Å². The van der Waals surface area contributed by atoms with Gasteiger partial charge in [-0.1, -0.05) is 30.3 Å². The van der Waals surface area contributed by atoms with Gasteiger partial charge in [0.05, 0.1) is 16.8 Å². The Labute approximate surface area is 210 Å². The zero-order chi connectivity index (χ0) is 24.6. The summed E-state index contributed by atoms with van der Waals surface area (Å²) >= 11 is 0. The summed E-state index contributed by atoms with van der Waals surface area (Å²) in [6, 6.07) is 15.2. The lowest BCUT2D eigenvalue weighted by Gasteiger charge is -2.37. The highest BCUT2D eigenvalue weighted by Crippen LogP contribution is 2.37. The second kappa shape index (κ2) is 9.52. The van der Waals surface area contributed by atoms with E-state index in [1.54, 1.807) is 12.3 Å². The summed E-state index contributed by atoms with van der Waals surface area (Å²) in [5.74, 6) is 0.474. The molecule has 0 radical (unpaired) electrons. The van der Waals surface area contributed by atoms with Crippen molar-refractivity contribution >= 4 is 28.4 Å². The van der Waals surface area contributed by atoms with Gasteiger partial charge in [0, 0.05) is 56.8 Å². The monoisotopic (exact) mass is 486 g/mol. The molecule has 0 bridgehead atoms. The first-order chi connectivity index (χ1) is 17.6. The minimum absolute atomic E-state index is 0.0904. The molecule has 2 saturated heterocycles. The van der Waals surface area contributed by atoms with Crippen LogP contribution in [0.3, 0.4) is 0 Å². The van der Waals surface area contributed by atoms with Gasteiger partial charge < -0.3 is 14.7 Å². The number of amides is 2. The molecule has 36 heavy (non-hydrogen) atoms. The van der Waals surface area contributed by atoms with Crippen LogP contribution < -0.4 is 4.90 Å². The minimum Gasteiger partial charge on any atom is -0.370 e. The molecule has 2 aromatic carbocycles. The molecule has 0 atom stereocenters. The molecule has 0 N–H and O–H groups in total. The summed E-state index contributed by atoms with van der Waals surface area (Å²) < 4.78 is 14.4. The van der Waals surface area contributed by atoms with Gasteiger partial charge in [0.2, 0.25) is 5.91 Å². The maximum absolute atomic E-state index is 14.4. The molecule has 7 heteroatoms. The number of fused-ring (bicyclic) bond motifs is 1. The smallest absolute Gasteiger partial charge is 0.257 e. The number of aromatic nitrogens is 1. The van der Waals surface area contributed by atoms with Crippen molar-refractivity contribution in [3.63, 3.8) is 0 Å². The number of carbonyl (C=O) groups is 2. The molecule has 6 nitrogen and oxygen atoms in total. The Bertz CT molecular complexity index is 1280. The number of benzene rings is 2. The number of halogens is 1. The molecular formula is C29H31FN4O2. The first kappa shape index (κ1) is 23.0. The lowest BCUT2D eigenvalue weighted by atomic mass is 9.89. The summed E-state index contributed by atoms with van der Waals surface area (Å²) in [5, 5.41) is 0.682. The van der Waals surface area contributed by atoms with E-state index < -0.39 is 0 Å². The number of anilines is 1. The Hall–Kier alpha value is -3.48. The van der Waals surface area contributed by atoms with E-state index in [0.29, 0.717) is 48.6 Å². The SMILES string of the molecule is O=C(c1cnc2ccc(F)cc2c1N1CCC(c2ccccc2)CC1)N1CCN(C(=O)C2CC2)CC1. The van der Waals surface area contributed by atoms with Crippen LogP contribution in [0.2, 0.25) is 0 Å². The Morgan fingerprint density at radius 2 is 1.53 bits per heavy atom. The van der Waals surface area contributed by atoms with Crippen molar-refractivity contribution in [3.8, 4) is 0 Å². The van der Waals surface area contributed by atoms with Crippen LogP contribution in [0.1, 0.15) is 47.5 Å². The van der Waals surface area contributed by atoms with Crippen molar-refractivity contribution in [3.05, 3.63) is 71.7 Å². The Morgan fingerprint density at radius 1 is 0.833 bits per heavy atom. The topological polar surface area (TPSA) is 56.8 Å². The zero-order valence-corrected chi connectivity index (χ0v) is 20.4. The average Bonchev–Trinajstić information content (AvgIpc) is 3.78. The quantitative estimate of drug-likeness (QED) is 0.547. The second-order valence-electron chi connectivity index (χ2n) is 10.2. The number of hydrogen-bond acceptors (Lipinski definition) is 4. The van der Waals surface area contributed by atoms with E-state index in [1.165, 1.54) is 17.7 Å². The first-order valence-electron chi connectivity index (χ1n) is 13.0. The van der Waals surface area contributed by atoms with Crippen molar-refractivity contribution in [2.75, 3.05) is 44.2 Å². The molecule has 2 aliphatic heterocycles. The zero-order valence-electron chi connectivity index (χ0n) is 20.4. The molecule has 0 spiro atoms. The maximum atomic E-state index is 14.4. The highest BCUT2D eigenvalue weighted by Gasteiger charge is 2.36. The fourth-order valence-corrected chi connectivity index (χ4v) is 5.70. The Balaban J connectivity index is 1.26. The van der Waals surface area contributed by atoms with Crippen LogP contribution >= 0.6 is 0 Å². The first-order valence-corrected chi connectivity index (χ1v) is 13.0. The number of carbonyl (C=O) groups excluding carboxylic acids is 2. The van der Waals surface area contributed by atoms with Gasteiger partial charge in [-0.25, -0.2) is 4.39 Å². The van der Waals surface area contributed by atoms with Gasteiger partial charge in [0.25, 0.3) is 5.91 Å². The lowest BCUT2D eigenvalue weighted by Crippen LogP contribution is -2.51. The van der Waals surface area contributed by atoms with Crippen molar-refractivity contribution in [2.45, 2.75) is 31.6 Å². The van der Waals surface area contributed by atoms with Crippen LogP contribution in [0.5, 0.6) is 0 Å². The lowest BCUT2D eigenvalue weighted by molar-refractivity contribution is -0.134. The number of piperidine rings is 1. The highest BCUT2D eigenvalue weighted by molar-refractivity contribution is 6.07. The van der Waals surface area contributed by atoms with Gasteiger partial charge in [0.1, 0.15) is 5.82 Å². The standard InChI is InChI=1S/C29H31FN4O2/c30-23-8-9-26-24(18-23)27(32-12-10-21(11-13-32)20-4-2-1-3-5-20)25(19-31-26)29(36)34-16-14-33(15-17-34)28(35)22-6-7-22/h1-5,8-9,18-19,21-22H,6-7,10-17H2. The van der Waals surface area contributed by atoms with Gasteiger partial charge in [-0.2, -0.15) is 0 Å². The molecule has 1 saturated carbocycles. The van der Waals surface area contributed by atoms with E-state index in [0.717, 1.165) is 44.5 Å². The van der Waals surface area contributed by atoms with Gasteiger partial charge in [-0.15, -0.1) is 0 Å². The fourth-order valence-electron chi connectivity index (χ4n) is 5.70. The van der Waals surface area contributed by atoms with Gasteiger partial charge in [-0.3, -0.25) is 14.6 Å². The number of nitrogens with zero attached hydrogens (tertiary/aromatic N) is 4. The highest BCUT2D eigenvalue weighted by atomic mass is 19.1. The summed E-state index contributed by atoms with van der Waals surface area (Å²) in [6.45, 7) is 3.73. The molecule has 186 valence electrons. The summed E-state index contributed by atoms with van der Waals surface area (Å²) in [5.41, 5.74) is 3.34. The van der Waals surface area contributed by atoms with Crippen LogP contribution in [0, 0.1) is 11.7 Å². The largest absolute Gasteiger partial charge is 0.370 e. The maximum Gasteiger partial charge on any atom is 0.257 e. The molecule has 3 heterocycles. The third kappa shape index (κ3) is 4.43. The Kier molecular flexibility index (Phi) is 6.07. The third-order valence-electron chi connectivity index (χ3n) is 7.92. The van der Waals surface area contributed by atoms with E-state index in [2.05, 4.69) is 34.1 Å². The van der Waals surface area contributed by atoms with Gasteiger partial charge in [0.15, 0.2) is 0 Å². The molecule has 2 amide bonds. The Morgan fingerprint density at radius 3 is 2.22 bits per heavy atom. The molecule has 3 aliphatic rings. The summed E-state index contributed by atoms with van der Waals surface area (Å²) in [4.78, 5) is 36.7. The van der Waals surface area contributed by atoms with Crippen LogP contribution in [-0.4, -0.2) is 65.9 Å². The number of piperazine rings is 1. The molecule has 3 fully saturated rings. The molecule has 1 aliphatic carbocycles. The van der Waals surface area contributed by atoms with E-state index in [9.17, 15) is 14.0 Å². The summed E-state index contributed by atoms with van der Waals surface area (Å²) in [6.07, 6.45) is 5.57. The van der Waals surface area contributed by atoms with Crippen LogP contribution in [-0.2, 0) is 4.79 Å². The number of pyridine rings is 1. The van der Waals surface area contributed by atoms with Gasteiger partial charge >= 0.3 is 0 Å². The number of hydrogen-bond donors (Lipinski definition) is 0. The minimum atomic E-state index is -0.332. The van der Waals surface area contributed by atoms with Crippen molar-refractivity contribution in [2.24, 2.45) is 5.92 Å². The normalized spacial score (nSPS) is 19.1. The third-order valence-corrected chi connectivity index (χ3v) is 7.92. The molecule has 3 aromatic rings. The van der Waals surface area contributed by atoms with E-state index >= 15 is 0 Å². The predicted molar refractivity (Wildman–Crippen MR) is 138 cm³/mol. The van der Waals surface area contributed by atoms with Crippen LogP contribution in [0.15, 0.2) is 54.7 Å². The van der Waals surface area contributed by atoms with E-state index in [4.69, 9.17) is 0 Å². The molecule has 6 rings (SSSR count). The molecule has 0 unspecified atom stereocenters. The van der Waals surface area contributed by atoms with Crippen molar-refractivity contribution in [1.29, 1.82) is 0 Å². The van der Waals surface area contributed by atoms with Crippen LogP contribution in [0.25, 0.3) is 10.9 Å². The van der Waals surface area contributed by atoms with Crippen molar-refractivity contribution < 1.29 is 14.0 Å².